The van der Waals surface area contributed by atoms with Crippen molar-refractivity contribution in [2.75, 3.05) is 5.75 Å². The molecule has 0 saturated heterocycles. The van der Waals surface area contributed by atoms with E-state index >= 15 is 0 Å². The highest BCUT2D eigenvalue weighted by atomic mass is 35.5. The lowest BCUT2D eigenvalue weighted by Gasteiger charge is -2.08. The summed E-state index contributed by atoms with van der Waals surface area (Å²) in [4.78, 5) is 30.3. The van der Waals surface area contributed by atoms with E-state index in [1.807, 2.05) is 0 Å². The van der Waals surface area contributed by atoms with Gasteiger partial charge in [-0.3, -0.25) is 9.63 Å². The first-order chi connectivity index (χ1) is 18.9. The molecule has 0 aliphatic carbocycles. The van der Waals surface area contributed by atoms with Crippen LogP contribution in [0, 0.1) is 0 Å². The van der Waals surface area contributed by atoms with E-state index in [-0.39, 0.29) is 46.1 Å². The standard InChI is InChI=1S/C24H19ClF3N7O4S/c1-3-40(37,38)23-19(21-31-15-10-18(24(26,27)28)30-11-17(15)34(21)2)20-29-9-8-16(35(20)32-23)22(36)33-39-12-13-6-4-5-7-14(13)25/h4-11H,3,12H2,1-2H3,(H,33,36). The van der Waals surface area contributed by atoms with Gasteiger partial charge in [-0.15, -0.1) is 0 Å². The maximum Gasteiger partial charge on any atom is 0.433 e. The fraction of sp³-hybridized carbons (Fsp3) is 0.208. The summed E-state index contributed by atoms with van der Waals surface area (Å²) in [5.74, 6) is -1.15. The van der Waals surface area contributed by atoms with E-state index in [4.69, 9.17) is 16.4 Å². The van der Waals surface area contributed by atoms with Crippen molar-refractivity contribution in [2.24, 2.45) is 7.05 Å². The van der Waals surface area contributed by atoms with Crippen molar-refractivity contribution in [1.82, 2.24) is 34.6 Å². The predicted octanol–water partition coefficient (Wildman–Crippen LogP) is 4.01. The van der Waals surface area contributed by atoms with Crippen molar-refractivity contribution in [3.05, 3.63) is 70.8 Å². The van der Waals surface area contributed by atoms with Gasteiger partial charge < -0.3 is 4.57 Å². The lowest BCUT2D eigenvalue weighted by atomic mass is 10.2. The minimum Gasteiger partial charge on any atom is -0.326 e. The lowest BCUT2D eigenvalue weighted by Crippen LogP contribution is -2.26. The van der Waals surface area contributed by atoms with E-state index in [2.05, 4.69) is 25.5 Å². The third-order valence-corrected chi connectivity index (χ3v) is 8.03. The molecule has 0 radical (unpaired) electrons. The van der Waals surface area contributed by atoms with Crippen LogP contribution < -0.4 is 5.48 Å². The molecule has 0 unspecified atom stereocenters. The summed E-state index contributed by atoms with van der Waals surface area (Å²) in [7, 11) is -2.53. The van der Waals surface area contributed by atoms with Crippen LogP contribution in [0.15, 0.2) is 53.8 Å². The maximum atomic E-state index is 13.2. The summed E-state index contributed by atoms with van der Waals surface area (Å²) in [6, 6.07) is 8.93. The summed E-state index contributed by atoms with van der Waals surface area (Å²) in [5.41, 5.74) is 1.61. The SMILES string of the molecule is CCS(=O)(=O)c1nn2c(C(=O)NOCc3ccccc3Cl)ccnc2c1-c1nc2cc(C(F)(F)F)ncc2n1C. The molecule has 4 heterocycles. The number of hydrogen-bond acceptors (Lipinski definition) is 8. The molecular weight excluding hydrogens is 575 g/mol. The van der Waals surface area contributed by atoms with E-state index in [1.54, 1.807) is 24.3 Å². The zero-order valence-corrected chi connectivity index (χ0v) is 22.3. The van der Waals surface area contributed by atoms with Gasteiger partial charge in [0, 0.05) is 18.3 Å². The molecule has 0 aliphatic rings. The van der Waals surface area contributed by atoms with Crippen LogP contribution in [0.25, 0.3) is 28.1 Å². The molecule has 0 fully saturated rings. The predicted molar refractivity (Wildman–Crippen MR) is 137 cm³/mol. The Morgan fingerprint density at radius 3 is 2.62 bits per heavy atom. The Balaban J connectivity index is 1.61. The van der Waals surface area contributed by atoms with Crippen molar-refractivity contribution in [2.45, 2.75) is 24.7 Å². The first-order valence-electron chi connectivity index (χ1n) is 11.6. The summed E-state index contributed by atoms with van der Waals surface area (Å²) in [6.07, 6.45) is -2.44. The number of fused-ring (bicyclic) bond motifs is 2. The van der Waals surface area contributed by atoms with Gasteiger partial charge in [0.25, 0.3) is 5.91 Å². The fourth-order valence-electron chi connectivity index (χ4n) is 3.96. The molecule has 0 saturated carbocycles. The number of alkyl halides is 3. The summed E-state index contributed by atoms with van der Waals surface area (Å²) in [5, 5.41) is 4.18. The molecular formula is C24H19ClF3N7O4S. The molecule has 11 nitrogen and oxygen atoms in total. The minimum absolute atomic E-state index is 0.0295. The van der Waals surface area contributed by atoms with Crippen molar-refractivity contribution in [1.29, 1.82) is 0 Å². The molecule has 0 atom stereocenters. The van der Waals surface area contributed by atoms with Crippen LogP contribution in [0.5, 0.6) is 0 Å². The lowest BCUT2D eigenvalue weighted by molar-refractivity contribution is -0.141. The number of halogens is 4. The average Bonchev–Trinajstić information content (AvgIpc) is 3.47. The molecule has 208 valence electrons. The van der Waals surface area contributed by atoms with E-state index in [0.29, 0.717) is 10.6 Å². The number of benzene rings is 1. The second kappa shape index (κ2) is 10.1. The van der Waals surface area contributed by atoms with Gasteiger partial charge in [-0.25, -0.2) is 33.4 Å². The topological polar surface area (TPSA) is 133 Å². The Hall–Kier alpha value is -4.08. The number of sulfone groups is 1. The highest BCUT2D eigenvalue weighted by molar-refractivity contribution is 7.91. The number of carbonyl (C=O) groups is 1. The van der Waals surface area contributed by atoms with Crippen LogP contribution in [-0.4, -0.2) is 49.2 Å². The van der Waals surface area contributed by atoms with Crippen LogP contribution in [0.3, 0.4) is 0 Å². The Morgan fingerprint density at radius 2 is 1.93 bits per heavy atom. The maximum absolute atomic E-state index is 13.2. The normalized spacial score (nSPS) is 12.3. The van der Waals surface area contributed by atoms with Crippen LogP contribution in [-0.2, 0) is 34.5 Å². The van der Waals surface area contributed by atoms with Crippen molar-refractivity contribution in [3.63, 3.8) is 0 Å². The number of aryl methyl sites for hydroxylation is 1. The number of nitrogens with one attached hydrogen (secondary N) is 1. The monoisotopic (exact) mass is 593 g/mol. The van der Waals surface area contributed by atoms with Gasteiger partial charge in [-0.05, 0) is 23.8 Å². The molecule has 5 aromatic rings. The Morgan fingerprint density at radius 1 is 1.18 bits per heavy atom. The quantitative estimate of drug-likeness (QED) is 0.280. The number of hydrogen-bond donors (Lipinski definition) is 1. The molecule has 40 heavy (non-hydrogen) atoms. The van der Waals surface area contributed by atoms with Crippen LogP contribution >= 0.6 is 11.6 Å². The smallest absolute Gasteiger partial charge is 0.326 e. The number of carbonyl (C=O) groups excluding carboxylic acids is 1. The Kier molecular flexibility index (Phi) is 6.97. The van der Waals surface area contributed by atoms with Crippen LogP contribution in [0.2, 0.25) is 5.02 Å². The van der Waals surface area contributed by atoms with Gasteiger partial charge in [-0.2, -0.15) is 18.3 Å². The van der Waals surface area contributed by atoms with Crippen LogP contribution in [0.4, 0.5) is 13.2 Å². The molecule has 0 spiro atoms. The zero-order valence-electron chi connectivity index (χ0n) is 20.8. The van der Waals surface area contributed by atoms with Crippen molar-refractivity contribution < 1.29 is 31.2 Å². The Bertz CT molecular complexity index is 1890. The second-order valence-corrected chi connectivity index (χ2v) is 11.1. The highest BCUT2D eigenvalue weighted by Crippen LogP contribution is 2.34. The van der Waals surface area contributed by atoms with Gasteiger partial charge in [0.15, 0.2) is 20.5 Å². The molecule has 0 aliphatic heterocycles. The van der Waals surface area contributed by atoms with Gasteiger partial charge in [0.1, 0.15) is 29.4 Å². The van der Waals surface area contributed by atoms with Gasteiger partial charge in [0.05, 0.1) is 23.0 Å². The number of aromatic nitrogens is 6. The summed E-state index contributed by atoms with van der Waals surface area (Å²) in [6.45, 7) is 1.36. The number of rotatable bonds is 7. The van der Waals surface area contributed by atoms with E-state index in [9.17, 15) is 26.4 Å². The highest BCUT2D eigenvalue weighted by Gasteiger charge is 2.34. The number of pyridine rings is 1. The van der Waals surface area contributed by atoms with Crippen LogP contribution in [0.1, 0.15) is 28.7 Å². The molecule has 0 bridgehead atoms. The number of imidazole rings is 1. The van der Waals surface area contributed by atoms with Gasteiger partial charge in [-0.1, -0.05) is 36.7 Å². The van der Waals surface area contributed by atoms with Crippen molar-refractivity contribution in [3.8, 4) is 11.4 Å². The van der Waals surface area contributed by atoms with E-state index in [1.165, 1.54) is 30.8 Å². The Labute approximate surface area is 229 Å². The number of amides is 1. The third-order valence-electron chi connectivity index (χ3n) is 6.03. The third kappa shape index (κ3) is 4.87. The molecule has 4 aromatic heterocycles. The van der Waals surface area contributed by atoms with Gasteiger partial charge in [0.2, 0.25) is 0 Å². The first kappa shape index (κ1) is 27.5. The average molecular weight is 594 g/mol. The molecule has 1 aromatic carbocycles. The minimum atomic E-state index is -4.70. The summed E-state index contributed by atoms with van der Waals surface area (Å²) < 4.78 is 68.3. The zero-order chi connectivity index (χ0) is 28.8. The largest absolute Gasteiger partial charge is 0.433 e. The first-order valence-corrected chi connectivity index (χ1v) is 13.6. The number of hydroxylamine groups is 1. The molecule has 1 amide bonds. The summed E-state index contributed by atoms with van der Waals surface area (Å²) >= 11 is 6.10. The molecule has 16 heteroatoms. The molecule has 1 N–H and O–H groups in total. The van der Waals surface area contributed by atoms with Gasteiger partial charge >= 0.3 is 6.18 Å². The second-order valence-electron chi connectivity index (χ2n) is 8.51. The van der Waals surface area contributed by atoms with Crippen molar-refractivity contribution >= 4 is 44.0 Å². The van der Waals surface area contributed by atoms with E-state index in [0.717, 1.165) is 16.8 Å². The number of nitrogens with zero attached hydrogens (tertiary/aromatic N) is 6. The molecule has 5 rings (SSSR count). The fourth-order valence-corrected chi connectivity index (χ4v) is 5.13. The van der Waals surface area contributed by atoms with E-state index < -0.39 is 32.6 Å².